The third-order valence-corrected chi connectivity index (χ3v) is 4.14. The lowest BCUT2D eigenvalue weighted by atomic mass is 9.75. The Morgan fingerprint density at radius 1 is 1.10 bits per heavy atom. The minimum atomic E-state index is 0.0293. The summed E-state index contributed by atoms with van der Waals surface area (Å²) < 4.78 is 1.61. The van der Waals surface area contributed by atoms with Gasteiger partial charge in [-0.3, -0.25) is 4.79 Å². The topological polar surface area (TPSA) is 34.0 Å². The predicted octanol–water partition coefficient (Wildman–Crippen LogP) is 3.05. The lowest BCUT2D eigenvalue weighted by Gasteiger charge is -2.37. The summed E-state index contributed by atoms with van der Waals surface area (Å²) in [5, 5.41) is 3.50. The van der Waals surface area contributed by atoms with E-state index in [1.165, 1.54) is 11.1 Å². The fourth-order valence-corrected chi connectivity index (χ4v) is 2.76. The van der Waals surface area contributed by atoms with E-state index in [4.69, 9.17) is 0 Å². The largest absolute Gasteiger partial charge is 0.381 e. The number of aryl methyl sites for hydroxylation is 2. The molecule has 0 bridgehead atoms. The highest BCUT2D eigenvalue weighted by Gasteiger charge is 2.30. The van der Waals surface area contributed by atoms with E-state index < -0.39 is 0 Å². The molecule has 3 heteroatoms. The van der Waals surface area contributed by atoms with Gasteiger partial charge >= 0.3 is 0 Å². The van der Waals surface area contributed by atoms with Crippen LogP contribution in [0.2, 0.25) is 0 Å². The minimum absolute atomic E-state index is 0.0293. The molecule has 3 nitrogen and oxygen atoms in total. The average Bonchev–Trinajstić information content (AvgIpc) is 2.39. The zero-order chi connectivity index (χ0) is 14.1. The first-order chi connectivity index (χ1) is 9.61. The highest BCUT2D eigenvalue weighted by atomic mass is 16.1. The van der Waals surface area contributed by atoms with Crippen molar-refractivity contribution in [2.45, 2.75) is 31.7 Å². The van der Waals surface area contributed by atoms with Crippen molar-refractivity contribution < 1.29 is 0 Å². The Bertz CT molecular complexity index is 651. The number of nitrogens with one attached hydrogen (secondary N) is 1. The van der Waals surface area contributed by atoms with Gasteiger partial charge in [0.15, 0.2) is 0 Å². The van der Waals surface area contributed by atoms with Gasteiger partial charge in [0.25, 0.3) is 0 Å². The molecule has 0 spiro atoms. The summed E-state index contributed by atoms with van der Waals surface area (Å²) in [6.45, 7) is 2.12. The van der Waals surface area contributed by atoms with Crippen LogP contribution in [-0.2, 0) is 7.05 Å². The van der Waals surface area contributed by atoms with Gasteiger partial charge in [0.05, 0.1) is 5.69 Å². The van der Waals surface area contributed by atoms with Gasteiger partial charge in [0, 0.05) is 25.4 Å². The highest BCUT2D eigenvalue weighted by molar-refractivity contribution is 5.42. The van der Waals surface area contributed by atoms with Crippen molar-refractivity contribution in [3.63, 3.8) is 0 Å². The molecule has 0 unspecified atom stereocenters. The predicted molar refractivity (Wildman–Crippen MR) is 82.2 cm³/mol. The fraction of sp³-hybridized carbons (Fsp3) is 0.353. The maximum absolute atomic E-state index is 11.3. The van der Waals surface area contributed by atoms with Crippen molar-refractivity contribution >= 4 is 5.69 Å². The zero-order valence-electron chi connectivity index (χ0n) is 12.0. The Morgan fingerprint density at radius 2 is 1.80 bits per heavy atom. The Balaban J connectivity index is 1.59. The molecule has 0 amide bonds. The zero-order valence-corrected chi connectivity index (χ0v) is 12.0. The molecule has 0 radical (unpaired) electrons. The smallest absolute Gasteiger partial charge is 0.250 e. The number of hydrogen-bond donors (Lipinski definition) is 1. The summed E-state index contributed by atoms with van der Waals surface area (Å²) >= 11 is 0. The van der Waals surface area contributed by atoms with Crippen molar-refractivity contribution in [3.8, 4) is 0 Å². The molecule has 1 fully saturated rings. The number of nitrogens with zero attached hydrogens (tertiary/aromatic N) is 1. The second-order valence-electron chi connectivity index (χ2n) is 5.79. The quantitative estimate of drug-likeness (QED) is 0.928. The standard InChI is InChI=1S/C17H20N2O/c1-12-3-5-13(6-4-12)14-9-16(10-14)18-15-7-8-17(20)19(2)11-15/h3-8,11,14,16,18H,9-10H2,1-2H3. The molecule has 1 aliphatic rings. The van der Waals surface area contributed by atoms with Gasteiger partial charge < -0.3 is 9.88 Å². The van der Waals surface area contributed by atoms with Crippen molar-refractivity contribution in [3.05, 3.63) is 64.1 Å². The first kappa shape index (κ1) is 13.0. The minimum Gasteiger partial charge on any atom is -0.381 e. The van der Waals surface area contributed by atoms with Gasteiger partial charge in [-0.15, -0.1) is 0 Å². The van der Waals surface area contributed by atoms with Crippen LogP contribution in [0.15, 0.2) is 47.4 Å². The molecular weight excluding hydrogens is 248 g/mol. The van der Waals surface area contributed by atoms with Gasteiger partial charge in [-0.1, -0.05) is 29.8 Å². The van der Waals surface area contributed by atoms with Crippen LogP contribution in [0.4, 0.5) is 5.69 Å². The Labute approximate surface area is 119 Å². The number of anilines is 1. The van der Waals surface area contributed by atoms with Crippen LogP contribution < -0.4 is 10.9 Å². The summed E-state index contributed by atoms with van der Waals surface area (Å²) in [6, 6.07) is 12.8. The van der Waals surface area contributed by atoms with E-state index in [0.717, 1.165) is 18.5 Å². The van der Waals surface area contributed by atoms with Gasteiger partial charge in [-0.2, -0.15) is 0 Å². The maximum atomic E-state index is 11.3. The number of benzene rings is 1. The molecule has 1 aliphatic carbocycles. The summed E-state index contributed by atoms with van der Waals surface area (Å²) in [5.41, 5.74) is 3.81. The van der Waals surface area contributed by atoms with Crippen molar-refractivity contribution in [1.29, 1.82) is 0 Å². The van der Waals surface area contributed by atoms with Crippen LogP contribution in [0, 0.1) is 6.92 Å². The van der Waals surface area contributed by atoms with E-state index in [1.807, 2.05) is 12.3 Å². The van der Waals surface area contributed by atoms with E-state index in [2.05, 4.69) is 36.5 Å². The summed E-state index contributed by atoms with van der Waals surface area (Å²) in [6.07, 6.45) is 4.18. The lowest BCUT2D eigenvalue weighted by molar-refractivity contribution is 0.374. The fourth-order valence-electron chi connectivity index (χ4n) is 2.76. The van der Waals surface area contributed by atoms with E-state index in [1.54, 1.807) is 17.7 Å². The molecule has 0 saturated heterocycles. The third kappa shape index (κ3) is 2.62. The Hall–Kier alpha value is -2.03. The molecule has 1 saturated carbocycles. The van der Waals surface area contributed by atoms with Crippen LogP contribution in [0.1, 0.15) is 29.9 Å². The molecule has 0 aliphatic heterocycles. The molecule has 1 aromatic carbocycles. The summed E-state index contributed by atoms with van der Waals surface area (Å²) in [4.78, 5) is 11.3. The highest BCUT2D eigenvalue weighted by Crippen LogP contribution is 2.38. The molecule has 0 atom stereocenters. The number of rotatable bonds is 3. The van der Waals surface area contributed by atoms with E-state index in [-0.39, 0.29) is 5.56 Å². The number of aromatic nitrogens is 1. The van der Waals surface area contributed by atoms with E-state index >= 15 is 0 Å². The molecular formula is C17H20N2O. The SMILES string of the molecule is Cc1ccc(C2CC(Nc3ccc(=O)n(C)c3)C2)cc1. The third-order valence-electron chi connectivity index (χ3n) is 4.14. The van der Waals surface area contributed by atoms with Crippen molar-refractivity contribution in [2.75, 3.05) is 5.32 Å². The Morgan fingerprint density at radius 3 is 2.45 bits per heavy atom. The van der Waals surface area contributed by atoms with Crippen LogP contribution in [0.5, 0.6) is 0 Å². The Kier molecular flexibility index (Phi) is 3.35. The van der Waals surface area contributed by atoms with Crippen molar-refractivity contribution in [2.24, 2.45) is 7.05 Å². The second kappa shape index (κ2) is 5.16. The summed E-state index contributed by atoms with van der Waals surface area (Å²) in [5.74, 6) is 0.667. The molecule has 2 aromatic rings. The van der Waals surface area contributed by atoms with Crippen LogP contribution in [0.25, 0.3) is 0 Å². The van der Waals surface area contributed by atoms with Crippen molar-refractivity contribution in [1.82, 2.24) is 4.57 Å². The van der Waals surface area contributed by atoms with E-state index in [9.17, 15) is 4.79 Å². The van der Waals surface area contributed by atoms with Crippen LogP contribution in [-0.4, -0.2) is 10.6 Å². The van der Waals surface area contributed by atoms with Crippen LogP contribution >= 0.6 is 0 Å². The normalized spacial score (nSPS) is 21.3. The maximum Gasteiger partial charge on any atom is 0.250 e. The summed E-state index contributed by atoms with van der Waals surface area (Å²) in [7, 11) is 1.78. The first-order valence-corrected chi connectivity index (χ1v) is 7.11. The first-order valence-electron chi connectivity index (χ1n) is 7.11. The van der Waals surface area contributed by atoms with Gasteiger partial charge in [0.1, 0.15) is 0 Å². The molecule has 1 aromatic heterocycles. The number of pyridine rings is 1. The molecule has 1 N–H and O–H groups in total. The second-order valence-corrected chi connectivity index (χ2v) is 5.79. The average molecular weight is 268 g/mol. The van der Waals surface area contributed by atoms with Crippen LogP contribution in [0.3, 0.4) is 0 Å². The molecule has 1 heterocycles. The van der Waals surface area contributed by atoms with Gasteiger partial charge in [0.2, 0.25) is 5.56 Å². The molecule has 20 heavy (non-hydrogen) atoms. The van der Waals surface area contributed by atoms with E-state index in [0.29, 0.717) is 12.0 Å². The molecule has 104 valence electrons. The monoisotopic (exact) mass is 268 g/mol. The number of hydrogen-bond acceptors (Lipinski definition) is 2. The van der Waals surface area contributed by atoms with Gasteiger partial charge in [-0.25, -0.2) is 0 Å². The van der Waals surface area contributed by atoms with Gasteiger partial charge in [-0.05, 0) is 37.3 Å². The molecule has 3 rings (SSSR count). The lowest BCUT2D eigenvalue weighted by Crippen LogP contribution is -2.34.